The minimum Gasteiger partial charge on any atom is -0.477 e. The highest BCUT2D eigenvalue weighted by atomic mass is 32.2. The summed E-state index contributed by atoms with van der Waals surface area (Å²) in [6, 6.07) is 7.30. The molecule has 2 rings (SSSR count). The molecular formula is C13H12N2O2S. The van der Waals surface area contributed by atoms with Crippen molar-refractivity contribution >= 4 is 17.7 Å². The third-order valence-corrected chi connectivity index (χ3v) is 3.20. The molecule has 0 spiro atoms. The quantitative estimate of drug-likeness (QED) is 0.919. The first kappa shape index (κ1) is 12.6. The van der Waals surface area contributed by atoms with Crippen LogP contribution in [0.1, 0.15) is 21.9 Å². The second-order valence-electron chi connectivity index (χ2n) is 3.87. The Morgan fingerprint density at radius 3 is 2.44 bits per heavy atom. The molecule has 0 saturated heterocycles. The molecule has 2 aromatic rings. The Bertz CT molecular complexity index is 579. The SMILES string of the molecule is Cc1cc(Sc2ccnc(C(=O)O)c2)cc(C)n1. The molecule has 0 amide bonds. The van der Waals surface area contributed by atoms with E-state index in [2.05, 4.69) is 9.97 Å². The average Bonchev–Trinajstić information content (AvgIpc) is 2.27. The lowest BCUT2D eigenvalue weighted by atomic mass is 10.3. The molecule has 2 heterocycles. The van der Waals surface area contributed by atoms with E-state index < -0.39 is 5.97 Å². The van der Waals surface area contributed by atoms with Gasteiger partial charge >= 0.3 is 5.97 Å². The lowest BCUT2D eigenvalue weighted by molar-refractivity contribution is 0.0690. The van der Waals surface area contributed by atoms with E-state index in [1.165, 1.54) is 18.0 Å². The first-order valence-electron chi connectivity index (χ1n) is 5.37. The van der Waals surface area contributed by atoms with Crippen LogP contribution in [0.25, 0.3) is 0 Å². The summed E-state index contributed by atoms with van der Waals surface area (Å²) in [6.07, 6.45) is 1.51. The van der Waals surface area contributed by atoms with Gasteiger partial charge in [-0.15, -0.1) is 0 Å². The Hall–Kier alpha value is -1.88. The highest BCUT2D eigenvalue weighted by Crippen LogP contribution is 2.28. The van der Waals surface area contributed by atoms with Crippen LogP contribution in [0.3, 0.4) is 0 Å². The first-order valence-corrected chi connectivity index (χ1v) is 6.19. The van der Waals surface area contributed by atoms with Gasteiger partial charge in [-0.2, -0.15) is 0 Å². The second-order valence-corrected chi connectivity index (χ2v) is 5.02. The number of pyridine rings is 2. The Morgan fingerprint density at radius 2 is 1.83 bits per heavy atom. The molecule has 4 nitrogen and oxygen atoms in total. The number of aromatic nitrogens is 2. The van der Waals surface area contributed by atoms with E-state index in [1.54, 1.807) is 12.1 Å². The van der Waals surface area contributed by atoms with Gasteiger partial charge in [0, 0.05) is 27.4 Å². The Morgan fingerprint density at radius 1 is 1.17 bits per heavy atom. The lowest BCUT2D eigenvalue weighted by Gasteiger charge is -2.04. The molecule has 18 heavy (non-hydrogen) atoms. The number of aryl methyl sites for hydroxylation is 2. The molecule has 0 aliphatic carbocycles. The van der Waals surface area contributed by atoms with Crippen molar-refractivity contribution < 1.29 is 9.90 Å². The molecule has 0 aliphatic heterocycles. The highest BCUT2D eigenvalue weighted by molar-refractivity contribution is 7.99. The van der Waals surface area contributed by atoms with Gasteiger partial charge in [0.05, 0.1) is 0 Å². The smallest absolute Gasteiger partial charge is 0.354 e. The van der Waals surface area contributed by atoms with E-state index in [0.717, 1.165) is 21.2 Å². The van der Waals surface area contributed by atoms with Crippen LogP contribution in [-0.4, -0.2) is 21.0 Å². The zero-order chi connectivity index (χ0) is 13.1. The number of hydrogen-bond acceptors (Lipinski definition) is 4. The number of nitrogens with zero attached hydrogens (tertiary/aromatic N) is 2. The summed E-state index contributed by atoms with van der Waals surface area (Å²) in [5, 5.41) is 8.88. The van der Waals surface area contributed by atoms with Gasteiger partial charge < -0.3 is 5.11 Å². The highest BCUT2D eigenvalue weighted by Gasteiger charge is 2.06. The summed E-state index contributed by atoms with van der Waals surface area (Å²) in [5.41, 5.74) is 1.96. The average molecular weight is 260 g/mol. The number of carboxylic acid groups (broad SMARTS) is 1. The molecule has 1 N–H and O–H groups in total. The topological polar surface area (TPSA) is 63.1 Å². The molecule has 5 heteroatoms. The van der Waals surface area contributed by atoms with Crippen LogP contribution in [0, 0.1) is 13.8 Å². The van der Waals surface area contributed by atoms with Crippen LogP contribution in [0.15, 0.2) is 40.3 Å². The maximum absolute atomic E-state index is 10.8. The van der Waals surface area contributed by atoms with E-state index in [4.69, 9.17) is 5.11 Å². The summed E-state index contributed by atoms with van der Waals surface area (Å²) < 4.78 is 0. The van der Waals surface area contributed by atoms with Crippen molar-refractivity contribution in [3.63, 3.8) is 0 Å². The molecule has 0 unspecified atom stereocenters. The molecule has 2 aromatic heterocycles. The molecule has 0 aliphatic rings. The zero-order valence-electron chi connectivity index (χ0n) is 10.0. The fourth-order valence-corrected chi connectivity index (χ4v) is 2.61. The Labute approximate surface area is 109 Å². The fourth-order valence-electron chi connectivity index (χ4n) is 1.58. The van der Waals surface area contributed by atoms with Crippen molar-refractivity contribution in [2.75, 3.05) is 0 Å². The third kappa shape index (κ3) is 3.07. The predicted molar refractivity (Wildman–Crippen MR) is 69.0 cm³/mol. The van der Waals surface area contributed by atoms with E-state index >= 15 is 0 Å². The maximum atomic E-state index is 10.8. The van der Waals surface area contributed by atoms with Crippen LogP contribution >= 0.6 is 11.8 Å². The van der Waals surface area contributed by atoms with E-state index in [9.17, 15) is 4.79 Å². The molecule has 0 bridgehead atoms. The summed E-state index contributed by atoms with van der Waals surface area (Å²) in [7, 11) is 0. The Balaban J connectivity index is 2.28. The van der Waals surface area contributed by atoms with E-state index in [-0.39, 0.29) is 5.69 Å². The summed E-state index contributed by atoms with van der Waals surface area (Å²) in [6.45, 7) is 3.87. The normalized spacial score (nSPS) is 10.3. The van der Waals surface area contributed by atoms with Gasteiger partial charge in [-0.05, 0) is 38.1 Å². The van der Waals surface area contributed by atoms with Crippen molar-refractivity contribution in [2.45, 2.75) is 23.6 Å². The Kier molecular flexibility index (Phi) is 3.62. The van der Waals surface area contributed by atoms with Crippen LogP contribution in [0.2, 0.25) is 0 Å². The molecule has 0 fully saturated rings. The largest absolute Gasteiger partial charge is 0.477 e. The summed E-state index contributed by atoms with van der Waals surface area (Å²) >= 11 is 1.50. The number of hydrogen-bond donors (Lipinski definition) is 1. The van der Waals surface area contributed by atoms with Crippen molar-refractivity contribution in [2.24, 2.45) is 0 Å². The number of rotatable bonds is 3. The van der Waals surface area contributed by atoms with E-state index in [1.807, 2.05) is 26.0 Å². The van der Waals surface area contributed by atoms with Gasteiger partial charge in [-0.1, -0.05) is 11.8 Å². The molecular weight excluding hydrogens is 248 g/mol. The summed E-state index contributed by atoms with van der Waals surface area (Å²) in [5.74, 6) is -1.01. The van der Waals surface area contributed by atoms with Crippen LogP contribution < -0.4 is 0 Å². The van der Waals surface area contributed by atoms with Crippen molar-refractivity contribution in [1.82, 2.24) is 9.97 Å². The van der Waals surface area contributed by atoms with E-state index in [0.29, 0.717) is 0 Å². The number of carboxylic acids is 1. The molecule has 92 valence electrons. The molecule has 0 radical (unpaired) electrons. The second kappa shape index (κ2) is 5.18. The zero-order valence-corrected chi connectivity index (χ0v) is 10.9. The van der Waals surface area contributed by atoms with Gasteiger partial charge in [0.25, 0.3) is 0 Å². The monoisotopic (exact) mass is 260 g/mol. The van der Waals surface area contributed by atoms with Crippen LogP contribution in [0.5, 0.6) is 0 Å². The van der Waals surface area contributed by atoms with Gasteiger partial charge in [0.15, 0.2) is 0 Å². The predicted octanol–water partition coefficient (Wildman–Crippen LogP) is 2.94. The van der Waals surface area contributed by atoms with Gasteiger partial charge in [0.1, 0.15) is 5.69 Å². The third-order valence-electron chi connectivity index (χ3n) is 2.24. The van der Waals surface area contributed by atoms with Gasteiger partial charge in [-0.25, -0.2) is 9.78 Å². The fraction of sp³-hybridized carbons (Fsp3) is 0.154. The molecule has 0 saturated carbocycles. The summed E-state index contributed by atoms with van der Waals surface area (Å²) in [4.78, 5) is 20.8. The van der Waals surface area contributed by atoms with Crippen molar-refractivity contribution in [3.05, 3.63) is 47.5 Å². The molecule has 0 atom stereocenters. The minimum atomic E-state index is -1.01. The standard InChI is InChI=1S/C13H12N2O2S/c1-8-5-11(6-9(2)15-8)18-10-3-4-14-12(7-10)13(16)17/h3-7H,1-2H3,(H,16,17). The minimum absolute atomic E-state index is 0.0579. The first-order chi connectivity index (χ1) is 8.54. The molecule has 0 aromatic carbocycles. The van der Waals surface area contributed by atoms with Crippen LogP contribution in [-0.2, 0) is 0 Å². The number of aromatic carboxylic acids is 1. The van der Waals surface area contributed by atoms with Gasteiger partial charge in [-0.3, -0.25) is 4.98 Å². The maximum Gasteiger partial charge on any atom is 0.354 e. The van der Waals surface area contributed by atoms with Crippen molar-refractivity contribution in [3.8, 4) is 0 Å². The van der Waals surface area contributed by atoms with Gasteiger partial charge in [0.2, 0.25) is 0 Å². The number of carbonyl (C=O) groups is 1. The lowest BCUT2D eigenvalue weighted by Crippen LogP contribution is -1.99. The van der Waals surface area contributed by atoms with Crippen LogP contribution in [0.4, 0.5) is 0 Å². The van der Waals surface area contributed by atoms with Crippen molar-refractivity contribution in [1.29, 1.82) is 0 Å².